The molecule has 2 heterocycles. The highest BCUT2D eigenvalue weighted by atomic mass is 35.5. The van der Waals surface area contributed by atoms with Crippen LogP contribution >= 0.6 is 11.6 Å². The molecule has 32 heavy (non-hydrogen) atoms. The summed E-state index contributed by atoms with van der Waals surface area (Å²) >= 11 is 5.95. The average Bonchev–Trinajstić information content (AvgIpc) is 3.27. The molecule has 0 aliphatic carbocycles. The fourth-order valence-corrected chi connectivity index (χ4v) is 3.10. The maximum Gasteiger partial charge on any atom is 0.233 e. The van der Waals surface area contributed by atoms with Crippen molar-refractivity contribution in [2.45, 2.75) is 0 Å². The van der Waals surface area contributed by atoms with Crippen LogP contribution in [-0.2, 0) is 0 Å². The van der Waals surface area contributed by atoms with E-state index in [9.17, 15) is 0 Å². The molecule has 0 saturated heterocycles. The van der Waals surface area contributed by atoms with Crippen molar-refractivity contribution in [3.05, 3.63) is 53.8 Å². The quantitative estimate of drug-likeness (QED) is 0.356. The smallest absolute Gasteiger partial charge is 0.233 e. The van der Waals surface area contributed by atoms with Crippen molar-refractivity contribution in [2.24, 2.45) is 0 Å². The highest BCUT2D eigenvalue weighted by Crippen LogP contribution is 2.40. The second kappa shape index (κ2) is 9.40. The molecule has 0 atom stereocenters. The SMILES string of the molecule is COc1cc(Nc2ncnc(Nc3cc(-c4ccc(Cl)cc4)[nH]n3)n2)cc(OC)c1OC. The third kappa shape index (κ3) is 4.65. The van der Waals surface area contributed by atoms with E-state index in [1.165, 1.54) is 6.33 Å². The minimum atomic E-state index is 0.323. The van der Waals surface area contributed by atoms with Crippen LogP contribution in [0, 0.1) is 0 Å². The Kier molecular flexibility index (Phi) is 6.22. The van der Waals surface area contributed by atoms with Gasteiger partial charge in [0.25, 0.3) is 0 Å². The number of aromatic amines is 1. The summed E-state index contributed by atoms with van der Waals surface area (Å²) in [6, 6.07) is 12.8. The largest absolute Gasteiger partial charge is 0.493 e. The van der Waals surface area contributed by atoms with Gasteiger partial charge in [0.1, 0.15) is 6.33 Å². The third-order valence-corrected chi connectivity index (χ3v) is 4.72. The topological polar surface area (TPSA) is 119 Å². The minimum absolute atomic E-state index is 0.323. The Bertz CT molecular complexity index is 1190. The average molecular weight is 454 g/mol. The van der Waals surface area contributed by atoms with E-state index in [0.717, 1.165) is 11.3 Å². The van der Waals surface area contributed by atoms with Gasteiger partial charge in [0, 0.05) is 28.9 Å². The normalized spacial score (nSPS) is 10.5. The Morgan fingerprint density at radius 3 is 2.12 bits per heavy atom. The van der Waals surface area contributed by atoms with Gasteiger partial charge in [-0.1, -0.05) is 23.7 Å². The molecule has 0 aliphatic rings. The molecular weight excluding hydrogens is 434 g/mol. The molecule has 0 unspecified atom stereocenters. The van der Waals surface area contributed by atoms with Crippen molar-refractivity contribution in [2.75, 3.05) is 32.0 Å². The summed E-state index contributed by atoms with van der Waals surface area (Å²) in [6.07, 6.45) is 1.39. The van der Waals surface area contributed by atoms with Gasteiger partial charge in [0.2, 0.25) is 17.6 Å². The van der Waals surface area contributed by atoms with Crippen molar-refractivity contribution in [3.63, 3.8) is 0 Å². The lowest BCUT2D eigenvalue weighted by Crippen LogP contribution is -2.03. The maximum absolute atomic E-state index is 5.95. The number of aromatic nitrogens is 5. The van der Waals surface area contributed by atoms with E-state index >= 15 is 0 Å². The van der Waals surface area contributed by atoms with Crippen LogP contribution in [0.5, 0.6) is 17.2 Å². The number of methoxy groups -OCH3 is 3. The molecule has 0 spiro atoms. The van der Waals surface area contributed by atoms with Crippen molar-refractivity contribution < 1.29 is 14.2 Å². The summed E-state index contributed by atoms with van der Waals surface area (Å²) in [5, 5.41) is 14.1. The van der Waals surface area contributed by atoms with Crippen LogP contribution in [0.4, 0.5) is 23.4 Å². The number of nitrogens with zero attached hydrogens (tertiary/aromatic N) is 4. The second-order valence-electron chi connectivity index (χ2n) is 6.47. The number of benzene rings is 2. The molecule has 4 aromatic rings. The molecule has 0 amide bonds. The van der Waals surface area contributed by atoms with Crippen LogP contribution in [0.1, 0.15) is 0 Å². The molecule has 0 bridgehead atoms. The summed E-state index contributed by atoms with van der Waals surface area (Å²) in [7, 11) is 4.65. The number of hydrogen-bond donors (Lipinski definition) is 3. The highest BCUT2D eigenvalue weighted by Gasteiger charge is 2.14. The monoisotopic (exact) mass is 453 g/mol. The number of H-pyrrole nitrogens is 1. The molecule has 2 aromatic carbocycles. The molecule has 0 fully saturated rings. The molecule has 11 heteroatoms. The molecule has 3 N–H and O–H groups in total. The van der Waals surface area contributed by atoms with Gasteiger partial charge in [-0.05, 0) is 17.7 Å². The van der Waals surface area contributed by atoms with Crippen LogP contribution < -0.4 is 24.8 Å². The van der Waals surface area contributed by atoms with Gasteiger partial charge in [0.15, 0.2) is 17.3 Å². The van der Waals surface area contributed by atoms with E-state index in [1.807, 2.05) is 30.3 Å². The molecule has 0 saturated carbocycles. The first-order valence-corrected chi connectivity index (χ1v) is 9.82. The van der Waals surface area contributed by atoms with E-state index < -0.39 is 0 Å². The van der Waals surface area contributed by atoms with E-state index in [-0.39, 0.29) is 0 Å². The molecule has 2 aromatic heterocycles. The zero-order valence-corrected chi connectivity index (χ0v) is 18.3. The Hall–Kier alpha value is -4.05. The van der Waals surface area contributed by atoms with Crippen LogP contribution in [0.2, 0.25) is 5.02 Å². The third-order valence-electron chi connectivity index (χ3n) is 4.47. The maximum atomic E-state index is 5.95. The molecule has 164 valence electrons. The number of anilines is 4. The minimum Gasteiger partial charge on any atom is -0.493 e. The van der Waals surface area contributed by atoms with Crippen molar-refractivity contribution >= 4 is 35.0 Å². The van der Waals surface area contributed by atoms with Crippen LogP contribution in [0.3, 0.4) is 0 Å². The molecule has 0 aliphatic heterocycles. The Morgan fingerprint density at radius 2 is 1.50 bits per heavy atom. The molecule has 0 radical (unpaired) electrons. The standard InChI is InChI=1S/C21H20ClN7O3/c1-30-16-8-14(9-17(31-2)19(16)32-3)25-20-23-11-24-21(27-20)26-18-10-15(28-29-18)12-4-6-13(22)7-5-12/h4-11H,1-3H3,(H3,23,24,25,26,27,28,29). The summed E-state index contributed by atoms with van der Waals surface area (Å²) in [5.74, 6) is 2.71. The predicted octanol–water partition coefficient (Wildman–Crippen LogP) is 4.43. The summed E-state index contributed by atoms with van der Waals surface area (Å²) in [6.45, 7) is 0. The Balaban J connectivity index is 1.52. The fraction of sp³-hybridized carbons (Fsp3) is 0.143. The van der Waals surface area contributed by atoms with Gasteiger partial charge in [-0.3, -0.25) is 5.10 Å². The highest BCUT2D eigenvalue weighted by molar-refractivity contribution is 6.30. The number of nitrogens with one attached hydrogen (secondary N) is 3. The van der Waals surface area contributed by atoms with Crippen molar-refractivity contribution in [1.82, 2.24) is 25.1 Å². The fourth-order valence-electron chi connectivity index (χ4n) is 2.98. The van der Waals surface area contributed by atoms with E-state index in [4.69, 9.17) is 25.8 Å². The predicted molar refractivity (Wildman–Crippen MR) is 122 cm³/mol. The zero-order chi connectivity index (χ0) is 22.5. The second-order valence-corrected chi connectivity index (χ2v) is 6.91. The van der Waals surface area contributed by atoms with E-state index in [2.05, 4.69) is 35.8 Å². The number of hydrogen-bond acceptors (Lipinski definition) is 9. The lowest BCUT2D eigenvalue weighted by molar-refractivity contribution is 0.324. The van der Waals surface area contributed by atoms with Gasteiger partial charge in [-0.15, -0.1) is 0 Å². The Morgan fingerprint density at radius 1 is 0.844 bits per heavy atom. The summed E-state index contributed by atoms with van der Waals surface area (Å²) in [4.78, 5) is 12.7. The molecule has 10 nitrogen and oxygen atoms in total. The number of ether oxygens (including phenoxy) is 3. The van der Waals surface area contributed by atoms with Gasteiger partial charge in [-0.2, -0.15) is 10.1 Å². The van der Waals surface area contributed by atoms with Crippen LogP contribution in [0.25, 0.3) is 11.3 Å². The summed E-state index contributed by atoms with van der Waals surface area (Å²) in [5.41, 5.74) is 2.44. The first-order valence-electron chi connectivity index (χ1n) is 9.44. The molecular formula is C21H20ClN7O3. The van der Waals surface area contributed by atoms with Gasteiger partial charge >= 0.3 is 0 Å². The van der Waals surface area contributed by atoms with E-state index in [1.54, 1.807) is 33.5 Å². The molecule has 4 rings (SSSR count). The number of halogens is 1. The van der Waals surface area contributed by atoms with E-state index in [0.29, 0.717) is 45.7 Å². The van der Waals surface area contributed by atoms with Crippen molar-refractivity contribution in [1.29, 1.82) is 0 Å². The lowest BCUT2D eigenvalue weighted by atomic mass is 10.1. The van der Waals surface area contributed by atoms with Crippen LogP contribution in [-0.4, -0.2) is 46.5 Å². The van der Waals surface area contributed by atoms with Gasteiger partial charge in [0.05, 0.1) is 27.0 Å². The van der Waals surface area contributed by atoms with Crippen molar-refractivity contribution in [3.8, 4) is 28.5 Å². The first kappa shape index (κ1) is 21.2. The summed E-state index contributed by atoms with van der Waals surface area (Å²) < 4.78 is 16.1. The van der Waals surface area contributed by atoms with Gasteiger partial charge < -0.3 is 24.8 Å². The number of rotatable bonds is 8. The lowest BCUT2D eigenvalue weighted by Gasteiger charge is -2.14. The Labute approximate surface area is 188 Å². The first-order chi connectivity index (χ1) is 15.6. The van der Waals surface area contributed by atoms with Gasteiger partial charge in [-0.25, -0.2) is 9.97 Å². The zero-order valence-electron chi connectivity index (χ0n) is 17.5. The van der Waals surface area contributed by atoms with Crippen LogP contribution in [0.15, 0.2) is 48.8 Å².